The standard InChI is InChI=1S/C17H26N2O2/c1-2-10-20-11-9-19-8-6-15(13-19)21-17-4-3-14-12-18-7-5-16(14)17/h5,7,12,15,17H,2-4,6,8-11,13H2,1H3. The van der Waals surface area contributed by atoms with E-state index in [1.807, 2.05) is 12.4 Å². The summed E-state index contributed by atoms with van der Waals surface area (Å²) in [6, 6.07) is 2.12. The molecule has 1 fully saturated rings. The number of rotatable bonds is 7. The molecule has 3 rings (SSSR count). The van der Waals surface area contributed by atoms with Crippen molar-refractivity contribution < 1.29 is 9.47 Å². The molecule has 0 aromatic carbocycles. The van der Waals surface area contributed by atoms with Gasteiger partial charge in [0, 0.05) is 38.6 Å². The highest BCUT2D eigenvalue weighted by Gasteiger charge is 2.29. The van der Waals surface area contributed by atoms with Gasteiger partial charge in [0.05, 0.1) is 18.8 Å². The smallest absolute Gasteiger partial charge is 0.0836 e. The first-order chi connectivity index (χ1) is 10.4. The highest BCUT2D eigenvalue weighted by atomic mass is 16.5. The number of likely N-dealkylation sites (tertiary alicyclic amines) is 1. The third kappa shape index (κ3) is 3.82. The van der Waals surface area contributed by atoms with E-state index < -0.39 is 0 Å². The number of fused-ring (bicyclic) bond motifs is 1. The summed E-state index contributed by atoms with van der Waals surface area (Å²) in [5.41, 5.74) is 2.72. The first-order valence-electron chi connectivity index (χ1n) is 8.25. The maximum Gasteiger partial charge on any atom is 0.0836 e. The van der Waals surface area contributed by atoms with Gasteiger partial charge in [0.15, 0.2) is 0 Å². The second-order valence-corrected chi connectivity index (χ2v) is 6.06. The molecule has 1 aliphatic heterocycles. The summed E-state index contributed by atoms with van der Waals surface area (Å²) >= 11 is 0. The lowest BCUT2D eigenvalue weighted by Gasteiger charge is -2.20. The van der Waals surface area contributed by atoms with E-state index in [9.17, 15) is 0 Å². The number of aryl methyl sites for hydroxylation is 1. The van der Waals surface area contributed by atoms with Gasteiger partial charge in [0.25, 0.3) is 0 Å². The number of hydrogen-bond acceptors (Lipinski definition) is 4. The zero-order chi connectivity index (χ0) is 14.5. The van der Waals surface area contributed by atoms with Crippen molar-refractivity contribution in [1.29, 1.82) is 0 Å². The van der Waals surface area contributed by atoms with E-state index in [2.05, 4.69) is 22.9 Å². The maximum atomic E-state index is 6.35. The van der Waals surface area contributed by atoms with Crippen molar-refractivity contribution >= 4 is 0 Å². The number of aromatic nitrogens is 1. The Labute approximate surface area is 127 Å². The van der Waals surface area contributed by atoms with Gasteiger partial charge in [-0.1, -0.05) is 6.92 Å². The molecular formula is C17H26N2O2. The average Bonchev–Trinajstić information content (AvgIpc) is 3.12. The molecule has 0 spiro atoms. The van der Waals surface area contributed by atoms with Crippen molar-refractivity contribution in [1.82, 2.24) is 9.88 Å². The number of pyridine rings is 1. The van der Waals surface area contributed by atoms with Crippen molar-refractivity contribution in [2.24, 2.45) is 0 Å². The summed E-state index contributed by atoms with van der Waals surface area (Å²) in [7, 11) is 0. The molecule has 2 unspecified atom stereocenters. The predicted molar refractivity (Wildman–Crippen MR) is 82.3 cm³/mol. The van der Waals surface area contributed by atoms with E-state index in [4.69, 9.17) is 9.47 Å². The first-order valence-corrected chi connectivity index (χ1v) is 8.25. The summed E-state index contributed by atoms with van der Waals surface area (Å²) in [5.74, 6) is 0. The molecule has 2 heterocycles. The fourth-order valence-electron chi connectivity index (χ4n) is 3.33. The zero-order valence-corrected chi connectivity index (χ0v) is 13.0. The van der Waals surface area contributed by atoms with Gasteiger partial charge in [0.1, 0.15) is 0 Å². The molecule has 1 saturated heterocycles. The van der Waals surface area contributed by atoms with E-state index in [-0.39, 0.29) is 6.10 Å². The lowest BCUT2D eigenvalue weighted by Crippen LogP contribution is -2.27. The Morgan fingerprint density at radius 2 is 2.29 bits per heavy atom. The molecule has 1 aromatic heterocycles. The van der Waals surface area contributed by atoms with Gasteiger partial charge in [0.2, 0.25) is 0 Å². The van der Waals surface area contributed by atoms with E-state index >= 15 is 0 Å². The Morgan fingerprint density at radius 3 is 3.19 bits per heavy atom. The summed E-state index contributed by atoms with van der Waals surface area (Å²) < 4.78 is 11.9. The minimum absolute atomic E-state index is 0.282. The van der Waals surface area contributed by atoms with Crippen LogP contribution in [0.3, 0.4) is 0 Å². The topological polar surface area (TPSA) is 34.6 Å². The monoisotopic (exact) mass is 290 g/mol. The fourth-order valence-corrected chi connectivity index (χ4v) is 3.33. The molecule has 4 heteroatoms. The van der Waals surface area contributed by atoms with Gasteiger partial charge >= 0.3 is 0 Å². The lowest BCUT2D eigenvalue weighted by atomic mass is 10.1. The van der Waals surface area contributed by atoms with E-state index in [1.165, 1.54) is 11.1 Å². The van der Waals surface area contributed by atoms with Crippen LogP contribution in [0.2, 0.25) is 0 Å². The molecule has 2 atom stereocenters. The van der Waals surface area contributed by atoms with E-state index in [0.717, 1.165) is 58.5 Å². The third-order valence-corrected chi connectivity index (χ3v) is 4.45. The molecule has 0 radical (unpaired) electrons. The SMILES string of the molecule is CCCOCCN1CCC(OC2CCc3cnccc32)C1. The Hall–Kier alpha value is -0.970. The summed E-state index contributed by atoms with van der Waals surface area (Å²) in [5, 5.41) is 0. The molecular weight excluding hydrogens is 264 g/mol. The minimum Gasteiger partial charge on any atom is -0.380 e. The molecule has 1 aromatic rings. The second-order valence-electron chi connectivity index (χ2n) is 6.06. The molecule has 0 saturated carbocycles. The van der Waals surface area contributed by atoms with Crippen LogP contribution in [-0.2, 0) is 15.9 Å². The molecule has 4 nitrogen and oxygen atoms in total. The van der Waals surface area contributed by atoms with Crippen LogP contribution in [0.4, 0.5) is 0 Å². The molecule has 0 N–H and O–H groups in total. The van der Waals surface area contributed by atoms with E-state index in [1.54, 1.807) is 0 Å². The lowest BCUT2D eigenvalue weighted by molar-refractivity contribution is -0.00772. The second kappa shape index (κ2) is 7.34. The van der Waals surface area contributed by atoms with Crippen LogP contribution in [0, 0.1) is 0 Å². The van der Waals surface area contributed by atoms with Crippen molar-refractivity contribution in [3.63, 3.8) is 0 Å². The normalized spacial score (nSPS) is 25.4. The fraction of sp³-hybridized carbons (Fsp3) is 0.706. The van der Waals surface area contributed by atoms with Gasteiger partial charge in [-0.2, -0.15) is 0 Å². The number of nitrogens with zero attached hydrogens (tertiary/aromatic N) is 2. The first kappa shape index (κ1) is 14.9. The van der Waals surface area contributed by atoms with E-state index in [0.29, 0.717) is 6.10 Å². The van der Waals surface area contributed by atoms with Gasteiger partial charge in [-0.05, 0) is 42.9 Å². The summed E-state index contributed by atoms with van der Waals surface area (Å²) in [6.07, 6.45) is 8.99. The van der Waals surface area contributed by atoms with Gasteiger partial charge < -0.3 is 9.47 Å². The number of hydrogen-bond donors (Lipinski definition) is 0. The van der Waals surface area contributed by atoms with Gasteiger partial charge in [-0.15, -0.1) is 0 Å². The minimum atomic E-state index is 0.282. The highest BCUT2D eigenvalue weighted by molar-refractivity contribution is 5.30. The van der Waals surface area contributed by atoms with Gasteiger partial charge in [-0.3, -0.25) is 9.88 Å². The quantitative estimate of drug-likeness (QED) is 0.723. The Bertz CT molecular complexity index is 452. The van der Waals surface area contributed by atoms with Crippen molar-refractivity contribution in [3.05, 3.63) is 29.6 Å². The van der Waals surface area contributed by atoms with Gasteiger partial charge in [-0.25, -0.2) is 0 Å². The Morgan fingerprint density at radius 1 is 1.33 bits per heavy atom. The van der Waals surface area contributed by atoms with Crippen LogP contribution < -0.4 is 0 Å². The zero-order valence-electron chi connectivity index (χ0n) is 13.0. The van der Waals surface area contributed by atoms with Crippen LogP contribution in [0.25, 0.3) is 0 Å². The molecule has 2 aliphatic rings. The van der Waals surface area contributed by atoms with Crippen LogP contribution in [-0.4, -0.2) is 48.8 Å². The molecule has 116 valence electrons. The van der Waals surface area contributed by atoms with Crippen molar-refractivity contribution in [3.8, 4) is 0 Å². The molecule has 1 aliphatic carbocycles. The van der Waals surface area contributed by atoms with Crippen molar-refractivity contribution in [2.75, 3.05) is 32.8 Å². The Kier molecular flexibility index (Phi) is 5.22. The van der Waals surface area contributed by atoms with Crippen LogP contribution >= 0.6 is 0 Å². The molecule has 0 bridgehead atoms. The highest BCUT2D eigenvalue weighted by Crippen LogP contribution is 2.35. The molecule has 21 heavy (non-hydrogen) atoms. The predicted octanol–water partition coefficient (Wildman–Crippen LogP) is 2.59. The van der Waals surface area contributed by atoms with Crippen LogP contribution in [0.1, 0.15) is 43.4 Å². The Balaban J connectivity index is 1.43. The van der Waals surface area contributed by atoms with Crippen LogP contribution in [0.15, 0.2) is 18.5 Å². The maximum absolute atomic E-state index is 6.35. The van der Waals surface area contributed by atoms with Crippen molar-refractivity contribution in [2.45, 2.75) is 44.8 Å². The number of ether oxygens (including phenoxy) is 2. The van der Waals surface area contributed by atoms with Crippen LogP contribution in [0.5, 0.6) is 0 Å². The third-order valence-electron chi connectivity index (χ3n) is 4.45. The summed E-state index contributed by atoms with van der Waals surface area (Å²) in [4.78, 5) is 6.67. The average molecular weight is 290 g/mol. The summed E-state index contributed by atoms with van der Waals surface area (Å²) in [6.45, 7) is 7.08. The largest absolute Gasteiger partial charge is 0.380 e. The molecule has 0 amide bonds.